The molecule has 1 aromatic heterocycles. The number of halogens is 1. The van der Waals surface area contributed by atoms with Gasteiger partial charge in [-0.1, -0.05) is 43.6 Å². The van der Waals surface area contributed by atoms with E-state index in [0.717, 1.165) is 10.6 Å². The van der Waals surface area contributed by atoms with Crippen molar-refractivity contribution in [2.75, 3.05) is 0 Å². The number of nitrogens with zero attached hydrogens (tertiary/aromatic N) is 1. The van der Waals surface area contributed by atoms with E-state index in [4.69, 9.17) is 11.6 Å². The third-order valence-corrected chi connectivity index (χ3v) is 5.62. The first-order valence-electron chi connectivity index (χ1n) is 7.68. The molecule has 24 heavy (non-hydrogen) atoms. The Bertz CT molecular complexity index is 756. The van der Waals surface area contributed by atoms with Gasteiger partial charge in [0.05, 0.1) is 16.1 Å². The number of Topliss-reactive ketones (excluding diaryl/α,β-unsaturated/α-hetero) is 1. The van der Waals surface area contributed by atoms with Gasteiger partial charge in [0.15, 0.2) is 0 Å². The lowest BCUT2D eigenvalue weighted by atomic mass is 9.75. The second kappa shape index (κ2) is 7.45. The normalized spacial score (nSPS) is 13.7. The first-order valence-corrected chi connectivity index (χ1v) is 8.94. The summed E-state index contributed by atoms with van der Waals surface area (Å²) >= 11 is 7.59. The molecule has 0 bridgehead atoms. The second-order valence-corrected chi connectivity index (χ2v) is 7.66. The van der Waals surface area contributed by atoms with Crippen LogP contribution in [0.15, 0.2) is 29.6 Å². The zero-order valence-corrected chi connectivity index (χ0v) is 15.4. The number of hydrogen-bond donors (Lipinski definition) is 1. The van der Waals surface area contributed by atoms with Crippen molar-refractivity contribution in [2.24, 2.45) is 11.3 Å². The van der Waals surface area contributed by atoms with Crippen molar-refractivity contribution in [2.45, 2.75) is 33.6 Å². The third kappa shape index (κ3) is 4.02. The van der Waals surface area contributed by atoms with Crippen molar-refractivity contribution in [3.05, 3.63) is 40.4 Å². The summed E-state index contributed by atoms with van der Waals surface area (Å²) in [5.41, 5.74) is 0.426. The maximum absolute atomic E-state index is 12.3. The fraction of sp³-hybridized carbons (Fsp3) is 0.389. The Labute approximate surface area is 150 Å². The maximum atomic E-state index is 12.3. The van der Waals surface area contributed by atoms with Crippen LogP contribution in [0.25, 0.3) is 10.6 Å². The van der Waals surface area contributed by atoms with Crippen LogP contribution >= 0.6 is 22.9 Å². The second-order valence-electron chi connectivity index (χ2n) is 6.39. The summed E-state index contributed by atoms with van der Waals surface area (Å²) in [6.07, 6.45) is 0.134. The van der Waals surface area contributed by atoms with Crippen molar-refractivity contribution in [3.63, 3.8) is 0 Å². The van der Waals surface area contributed by atoms with Crippen LogP contribution in [0.2, 0.25) is 5.02 Å². The van der Waals surface area contributed by atoms with Crippen LogP contribution in [-0.4, -0.2) is 21.8 Å². The smallest absolute Gasteiger partial charge is 0.310 e. The number of hydrogen-bond acceptors (Lipinski definition) is 4. The minimum atomic E-state index is -1.06. The van der Waals surface area contributed by atoms with E-state index in [1.165, 1.54) is 11.3 Å². The molecule has 0 saturated carbocycles. The molecule has 128 valence electrons. The fourth-order valence-electron chi connectivity index (χ4n) is 2.35. The lowest BCUT2D eigenvalue weighted by molar-refractivity contribution is -0.153. The highest BCUT2D eigenvalue weighted by Gasteiger charge is 2.38. The Morgan fingerprint density at radius 2 is 2.00 bits per heavy atom. The summed E-state index contributed by atoms with van der Waals surface area (Å²) in [6, 6.07) is 7.41. The molecule has 0 aliphatic heterocycles. The van der Waals surface area contributed by atoms with Gasteiger partial charge in [-0.3, -0.25) is 9.59 Å². The van der Waals surface area contributed by atoms with Crippen LogP contribution in [0.3, 0.4) is 0 Å². The van der Waals surface area contributed by atoms with Gasteiger partial charge in [-0.05, 0) is 18.9 Å². The number of thiazole rings is 1. The quantitative estimate of drug-likeness (QED) is 0.771. The van der Waals surface area contributed by atoms with E-state index in [9.17, 15) is 14.7 Å². The van der Waals surface area contributed by atoms with E-state index in [1.807, 2.05) is 37.4 Å². The zero-order chi connectivity index (χ0) is 17.9. The molecule has 0 spiro atoms. The molecule has 0 radical (unpaired) electrons. The van der Waals surface area contributed by atoms with Crippen molar-refractivity contribution in [3.8, 4) is 10.6 Å². The topological polar surface area (TPSA) is 67.3 Å². The van der Waals surface area contributed by atoms with E-state index in [2.05, 4.69) is 4.98 Å². The molecule has 0 aliphatic rings. The summed E-state index contributed by atoms with van der Waals surface area (Å²) < 4.78 is 0. The predicted molar refractivity (Wildman–Crippen MR) is 96.5 cm³/mol. The molecule has 1 atom stereocenters. The van der Waals surface area contributed by atoms with E-state index in [-0.39, 0.29) is 24.5 Å². The fourth-order valence-corrected chi connectivity index (χ4v) is 3.49. The van der Waals surface area contributed by atoms with Gasteiger partial charge in [-0.25, -0.2) is 4.98 Å². The van der Waals surface area contributed by atoms with Crippen LogP contribution in [0.5, 0.6) is 0 Å². The molecule has 4 nitrogen and oxygen atoms in total. The van der Waals surface area contributed by atoms with Crippen LogP contribution in [0.1, 0.15) is 32.9 Å². The van der Waals surface area contributed by atoms with Crippen molar-refractivity contribution < 1.29 is 14.7 Å². The number of aliphatic carboxylic acids is 1. The molecular weight excluding hydrogens is 346 g/mol. The van der Waals surface area contributed by atoms with E-state index in [1.54, 1.807) is 13.0 Å². The van der Waals surface area contributed by atoms with Crippen molar-refractivity contribution >= 4 is 34.7 Å². The highest BCUT2D eigenvalue weighted by atomic mass is 35.5. The highest BCUT2D eigenvalue weighted by molar-refractivity contribution is 7.13. The largest absolute Gasteiger partial charge is 0.481 e. The molecule has 6 heteroatoms. The number of carboxylic acids is 1. The average Bonchev–Trinajstić information content (AvgIpc) is 2.95. The Hall–Kier alpha value is -1.72. The Morgan fingerprint density at radius 1 is 1.33 bits per heavy atom. The summed E-state index contributed by atoms with van der Waals surface area (Å²) in [4.78, 5) is 28.3. The monoisotopic (exact) mass is 365 g/mol. The van der Waals surface area contributed by atoms with Gasteiger partial charge < -0.3 is 5.11 Å². The first-order chi connectivity index (χ1) is 11.2. The summed E-state index contributed by atoms with van der Waals surface area (Å²) in [5, 5.41) is 12.6. The number of rotatable bonds is 7. The molecule has 0 aliphatic carbocycles. The number of carbonyl (C=O) groups excluding carboxylic acids is 1. The number of ketones is 1. The highest BCUT2D eigenvalue weighted by Crippen LogP contribution is 2.33. The van der Waals surface area contributed by atoms with Crippen LogP contribution in [0, 0.1) is 11.3 Å². The minimum Gasteiger partial charge on any atom is -0.481 e. The minimum absolute atomic E-state index is 0.00104. The summed E-state index contributed by atoms with van der Waals surface area (Å²) in [6.45, 7) is 5.26. The number of aromatic nitrogens is 1. The molecule has 1 N–H and O–H groups in total. The van der Waals surface area contributed by atoms with Crippen LogP contribution < -0.4 is 0 Å². The standard InChI is InChI=1S/C18H20ClNO3S/c1-11(2)18(3,17(22)23)9-13(21)8-12-10-24-16(20-12)14-6-4-5-7-15(14)19/h4-7,10-11H,8-9H2,1-3H3,(H,22,23). The number of carbonyl (C=O) groups is 2. The zero-order valence-electron chi connectivity index (χ0n) is 13.9. The molecule has 0 amide bonds. The van der Waals surface area contributed by atoms with E-state index in [0.29, 0.717) is 10.7 Å². The van der Waals surface area contributed by atoms with E-state index >= 15 is 0 Å². The average molecular weight is 366 g/mol. The van der Waals surface area contributed by atoms with Crippen molar-refractivity contribution in [1.29, 1.82) is 0 Å². The molecule has 1 heterocycles. The van der Waals surface area contributed by atoms with Gasteiger partial charge in [0.2, 0.25) is 0 Å². The Kier molecular flexibility index (Phi) is 5.78. The summed E-state index contributed by atoms with van der Waals surface area (Å²) in [7, 11) is 0. The SMILES string of the molecule is CC(C)C(C)(CC(=O)Cc1csc(-c2ccccc2Cl)n1)C(=O)O. The number of carboxylic acid groups (broad SMARTS) is 1. The van der Waals surface area contributed by atoms with Crippen LogP contribution in [-0.2, 0) is 16.0 Å². The van der Waals surface area contributed by atoms with Gasteiger partial charge in [0, 0.05) is 23.8 Å². The Balaban J connectivity index is 2.11. The van der Waals surface area contributed by atoms with Crippen molar-refractivity contribution in [1.82, 2.24) is 4.98 Å². The van der Waals surface area contributed by atoms with Gasteiger partial charge in [0.25, 0.3) is 0 Å². The van der Waals surface area contributed by atoms with Gasteiger partial charge >= 0.3 is 5.97 Å². The molecule has 1 aromatic carbocycles. The van der Waals surface area contributed by atoms with Gasteiger partial charge in [-0.15, -0.1) is 11.3 Å². The maximum Gasteiger partial charge on any atom is 0.310 e. The van der Waals surface area contributed by atoms with Gasteiger partial charge in [-0.2, -0.15) is 0 Å². The lowest BCUT2D eigenvalue weighted by Crippen LogP contribution is -2.35. The van der Waals surface area contributed by atoms with Gasteiger partial charge in [0.1, 0.15) is 10.8 Å². The molecule has 2 aromatic rings. The molecule has 1 unspecified atom stereocenters. The van der Waals surface area contributed by atoms with E-state index < -0.39 is 11.4 Å². The van der Waals surface area contributed by atoms with Crippen LogP contribution in [0.4, 0.5) is 0 Å². The number of benzene rings is 1. The predicted octanol–water partition coefficient (Wildman–Crippen LogP) is 4.71. The molecule has 0 fully saturated rings. The summed E-state index contributed by atoms with van der Waals surface area (Å²) in [5.74, 6) is -1.20. The lowest BCUT2D eigenvalue weighted by Gasteiger charge is -2.28. The molecule has 2 rings (SSSR count). The molecular formula is C18H20ClNO3S. The molecule has 0 saturated heterocycles. The third-order valence-electron chi connectivity index (χ3n) is 4.36. The first kappa shape index (κ1) is 18.6. The Morgan fingerprint density at radius 3 is 2.58 bits per heavy atom.